The molecular formula is C19H19FN2O3S. The normalized spacial score (nSPS) is 11.2. The molecule has 1 N–H and O–H groups in total. The number of carbonyl (C=O) groups excluding carboxylic acids is 1. The van der Waals surface area contributed by atoms with Gasteiger partial charge in [0.1, 0.15) is 5.82 Å². The molecule has 0 spiro atoms. The third-order valence-corrected chi connectivity index (χ3v) is 5.86. The number of anilines is 1. The fraction of sp³-hybridized carbons (Fsp3) is 0.211. The highest BCUT2D eigenvalue weighted by molar-refractivity contribution is 7.89. The van der Waals surface area contributed by atoms with Crippen LogP contribution in [0.1, 0.15) is 29.8 Å². The van der Waals surface area contributed by atoms with Crippen molar-refractivity contribution < 1.29 is 17.6 Å². The smallest absolute Gasteiger partial charge is 0.258 e. The first-order valence-corrected chi connectivity index (χ1v) is 9.45. The van der Waals surface area contributed by atoms with Gasteiger partial charge in [0.15, 0.2) is 0 Å². The van der Waals surface area contributed by atoms with Crippen molar-refractivity contribution in [1.29, 1.82) is 0 Å². The zero-order valence-electron chi connectivity index (χ0n) is 14.5. The predicted octanol–water partition coefficient (Wildman–Crippen LogP) is 3.09. The molecule has 1 amide bonds. The summed E-state index contributed by atoms with van der Waals surface area (Å²) in [6.07, 6.45) is 5.31. The number of hydrogen-bond donors (Lipinski definition) is 1. The Labute approximate surface area is 152 Å². The fourth-order valence-corrected chi connectivity index (χ4v) is 3.92. The number of rotatable bonds is 6. The predicted molar refractivity (Wildman–Crippen MR) is 98.8 cm³/mol. The molecule has 0 aromatic heterocycles. The quantitative estimate of drug-likeness (QED) is 0.790. The third kappa shape index (κ3) is 4.10. The van der Waals surface area contributed by atoms with Crippen molar-refractivity contribution >= 4 is 21.6 Å². The molecule has 0 fully saturated rings. The second-order valence-electron chi connectivity index (χ2n) is 5.41. The Morgan fingerprint density at radius 1 is 1.19 bits per heavy atom. The molecule has 0 saturated carbocycles. The Bertz CT molecular complexity index is 961. The maximum absolute atomic E-state index is 14.1. The SMILES string of the molecule is C#Cc1cccc(NC(=O)c2cc(S(=O)(=O)N(CC)CC)ccc2F)c1. The Morgan fingerprint density at radius 2 is 1.88 bits per heavy atom. The lowest BCUT2D eigenvalue weighted by molar-refractivity contribution is 0.102. The van der Waals surface area contributed by atoms with Gasteiger partial charge in [0.2, 0.25) is 10.0 Å². The molecule has 0 aliphatic rings. The molecule has 0 saturated heterocycles. The van der Waals surface area contributed by atoms with Crippen molar-refractivity contribution in [3.05, 3.63) is 59.4 Å². The van der Waals surface area contributed by atoms with E-state index < -0.39 is 21.7 Å². The van der Waals surface area contributed by atoms with Crippen LogP contribution in [0.25, 0.3) is 0 Å². The van der Waals surface area contributed by atoms with Crippen LogP contribution in [0.2, 0.25) is 0 Å². The van der Waals surface area contributed by atoms with E-state index in [0.29, 0.717) is 11.3 Å². The van der Waals surface area contributed by atoms with Crippen molar-refractivity contribution in [2.75, 3.05) is 18.4 Å². The maximum atomic E-state index is 14.1. The van der Waals surface area contributed by atoms with Crippen molar-refractivity contribution in [3.8, 4) is 12.3 Å². The van der Waals surface area contributed by atoms with E-state index in [1.807, 2.05) is 0 Å². The Morgan fingerprint density at radius 3 is 2.50 bits per heavy atom. The number of carbonyl (C=O) groups is 1. The van der Waals surface area contributed by atoms with Gasteiger partial charge in [-0.05, 0) is 36.4 Å². The number of amides is 1. The molecule has 7 heteroatoms. The zero-order valence-corrected chi connectivity index (χ0v) is 15.3. The maximum Gasteiger partial charge on any atom is 0.258 e. The number of halogens is 1. The van der Waals surface area contributed by atoms with E-state index in [1.54, 1.807) is 38.1 Å². The highest BCUT2D eigenvalue weighted by Gasteiger charge is 2.24. The standard InChI is InChI=1S/C19H19FN2O3S/c1-4-14-8-7-9-15(12-14)21-19(23)17-13-16(10-11-18(17)20)26(24,25)22(5-2)6-3/h1,7-13H,5-6H2,2-3H3,(H,21,23). The van der Waals surface area contributed by atoms with Crippen LogP contribution < -0.4 is 5.32 Å². The van der Waals surface area contributed by atoms with Crippen LogP contribution in [0, 0.1) is 18.2 Å². The summed E-state index contributed by atoms with van der Waals surface area (Å²) in [7, 11) is -3.80. The van der Waals surface area contributed by atoms with Gasteiger partial charge in [0.05, 0.1) is 10.5 Å². The Hall–Kier alpha value is -2.69. The molecule has 26 heavy (non-hydrogen) atoms. The lowest BCUT2D eigenvalue weighted by atomic mass is 10.1. The van der Waals surface area contributed by atoms with Crippen LogP contribution in [-0.2, 0) is 10.0 Å². The molecule has 0 atom stereocenters. The van der Waals surface area contributed by atoms with E-state index >= 15 is 0 Å². The van der Waals surface area contributed by atoms with E-state index in [-0.39, 0.29) is 23.5 Å². The van der Waals surface area contributed by atoms with Crippen molar-refractivity contribution in [2.45, 2.75) is 18.7 Å². The van der Waals surface area contributed by atoms with E-state index in [1.165, 1.54) is 4.31 Å². The number of terminal acetylenes is 1. The lowest BCUT2D eigenvalue weighted by Gasteiger charge is -2.19. The molecule has 0 aliphatic carbocycles. The second-order valence-corrected chi connectivity index (χ2v) is 7.35. The first kappa shape index (κ1) is 19.6. The molecule has 0 heterocycles. The summed E-state index contributed by atoms with van der Waals surface area (Å²) < 4.78 is 40.5. The largest absolute Gasteiger partial charge is 0.322 e. The zero-order chi connectivity index (χ0) is 19.3. The number of nitrogens with zero attached hydrogens (tertiary/aromatic N) is 1. The number of nitrogens with one attached hydrogen (secondary N) is 1. The average Bonchev–Trinajstić information content (AvgIpc) is 2.62. The van der Waals surface area contributed by atoms with Crippen LogP contribution in [-0.4, -0.2) is 31.7 Å². The van der Waals surface area contributed by atoms with Gasteiger partial charge < -0.3 is 5.32 Å². The van der Waals surface area contributed by atoms with Gasteiger partial charge in [0.25, 0.3) is 5.91 Å². The van der Waals surface area contributed by atoms with Crippen molar-refractivity contribution in [1.82, 2.24) is 4.31 Å². The molecule has 2 rings (SSSR count). The van der Waals surface area contributed by atoms with E-state index in [4.69, 9.17) is 6.42 Å². The summed E-state index contributed by atoms with van der Waals surface area (Å²) in [5, 5.41) is 2.53. The van der Waals surface area contributed by atoms with Crippen LogP contribution in [0.5, 0.6) is 0 Å². The van der Waals surface area contributed by atoms with E-state index in [0.717, 1.165) is 18.2 Å². The van der Waals surface area contributed by atoms with Gasteiger partial charge in [-0.2, -0.15) is 4.31 Å². The minimum Gasteiger partial charge on any atom is -0.322 e. The summed E-state index contributed by atoms with van der Waals surface area (Å²) in [5.74, 6) is 0.869. The van der Waals surface area contributed by atoms with Crippen LogP contribution in [0.4, 0.5) is 10.1 Å². The minimum atomic E-state index is -3.80. The lowest BCUT2D eigenvalue weighted by Crippen LogP contribution is -2.31. The summed E-state index contributed by atoms with van der Waals surface area (Å²) in [4.78, 5) is 12.3. The van der Waals surface area contributed by atoms with Gasteiger partial charge in [0, 0.05) is 24.3 Å². The molecule has 136 valence electrons. The molecule has 2 aromatic carbocycles. The number of hydrogen-bond acceptors (Lipinski definition) is 3. The average molecular weight is 374 g/mol. The van der Waals surface area contributed by atoms with Crippen LogP contribution in [0.15, 0.2) is 47.4 Å². The highest BCUT2D eigenvalue weighted by atomic mass is 32.2. The summed E-state index contributed by atoms with van der Waals surface area (Å²) in [6, 6.07) is 9.68. The van der Waals surface area contributed by atoms with Gasteiger partial charge >= 0.3 is 0 Å². The second kappa shape index (κ2) is 8.13. The molecule has 5 nitrogen and oxygen atoms in total. The molecule has 0 radical (unpaired) electrons. The molecule has 2 aromatic rings. The first-order valence-electron chi connectivity index (χ1n) is 8.01. The molecule has 0 aliphatic heterocycles. The minimum absolute atomic E-state index is 0.134. The Balaban J connectivity index is 2.38. The van der Waals surface area contributed by atoms with Crippen molar-refractivity contribution in [3.63, 3.8) is 0 Å². The van der Waals surface area contributed by atoms with E-state index in [2.05, 4.69) is 11.2 Å². The number of benzene rings is 2. The van der Waals surface area contributed by atoms with Crippen LogP contribution in [0.3, 0.4) is 0 Å². The summed E-state index contributed by atoms with van der Waals surface area (Å²) >= 11 is 0. The van der Waals surface area contributed by atoms with Crippen molar-refractivity contribution in [2.24, 2.45) is 0 Å². The first-order chi connectivity index (χ1) is 12.3. The summed E-state index contributed by atoms with van der Waals surface area (Å²) in [5.41, 5.74) is 0.590. The highest BCUT2D eigenvalue weighted by Crippen LogP contribution is 2.20. The van der Waals surface area contributed by atoms with Gasteiger partial charge in [-0.25, -0.2) is 12.8 Å². The molecular weight excluding hydrogens is 355 g/mol. The summed E-state index contributed by atoms with van der Waals surface area (Å²) in [6.45, 7) is 3.96. The van der Waals surface area contributed by atoms with Gasteiger partial charge in [-0.15, -0.1) is 6.42 Å². The molecule has 0 bridgehead atoms. The monoisotopic (exact) mass is 374 g/mol. The topological polar surface area (TPSA) is 66.5 Å². The van der Waals surface area contributed by atoms with Gasteiger partial charge in [-0.3, -0.25) is 4.79 Å². The fourth-order valence-electron chi connectivity index (χ4n) is 2.44. The Kier molecular flexibility index (Phi) is 6.14. The molecule has 0 unspecified atom stereocenters. The van der Waals surface area contributed by atoms with Gasteiger partial charge in [-0.1, -0.05) is 25.8 Å². The number of sulfonamides is 1. The van der Waals surface area contributed by atoms with E-state index in [9.17, 15) is 17.6 Å². The third-order valence-electron chi connectivity index (χ3n) is 3.81. The van der Waals surface area contributed by atoms with Crippen LogP contribution >= 0.6 is 0 Å².